The van der Waals surface area contributed by atoms with Crippen LogP contribution in [0, 0.1) is 13.8 Å². The Labute approximate surface area is 189 Å². The molecule has 0 aliphatic heterocycles. The van der Waals surface area contributed by atoms with Crippen LogP contribution in [0.25, 0.3) is 22.0 Å². The normalized spacial score (nSPS) is 10.8. The smallest absolute Gasteiger partial charge is 0.335 e. The Morgan fingerprint density at radius 1 is 1.09 bits per heavy atom. The molecule has 1 amide bonds. The van der Waals surface area contributed by atoms with Gasteiger partial charge in [-0.25, -0.2) is 9.78 Å². The zero-order chi connectivity index (χ0) is 23.7. The summed E-state index contributed by atoms with van der Waals surface area (Å²) >= 11 is 0. The molecule has 9 heteroatoms. The van der Waals surface area contributed by atoms with Crippen LogP contribution in [0.1, 0.15) is 32.2 Å². The number of carboxylic acids is 1. The Bertz CT molecular complexity index is 1420. The number of ether oxygens (including phenoxy) is 1. The first-order chi connectivity index (χ1) is 15.8. The molecule has 0 radical (unpaired) electrons. The molecule has 9 nitrogen and oxygen atoms in total. The predicted molar refractivity (Wildman–Crippen MR) is 124 cm³/mol. The van der Waals surface area contributed by atoms with Crippen LogP contribution in [0.3, 0.4) is 0 Å². The zero-order valence-corrected chi connectivity index (χ0v) is 18.2. The van der Waals surface area contributed by atoms with Gasteiger partial charge in [-0.3, -0.25) is 9.78 Å². The van der Waals surface area contributed by atoms with Gasteiger partial charge in [0.25, 0.3) is 5.91 Å². The maximum Gasteiger partial charge on any atom is 0.335 e. The van der Waals surface area contributed by atoms with Crippen molar-refractivity contribution in [2.75, 3.05) is 12.4 Å². The van der Waals surface area contributed by atoms with Gasteiger partial charge in [-0.1, -0.05) is 18.2 Å². The molecule has 166 valence electrons. The van der Waals surface area contributed by atoms with Gasteiger partial charge >= 0.3 is 5.97 Å². The summed E-state index contributed by atoms with van der Waals surface area (Å²) < 4.78 is 5.41. The summed E-state index contributed by atoms with van der Waals surface area (Å²) in [5.74, 6) is -0.664. The number of benzene rings is 2. The van der Waals surface area contributed by atoms with E-state index in [1.54, 1.807) is 39.3 Å². The molecule has 2 aromatic heterocycles. The highest BCUT2D eigenvalue weighted by atomic mass is 16.5. The van der Waals surface area contributed by atoms with E-state index >= 15 is 0 Å². The number of methoxy groups -OCH3 is 1. The lowest BCUT2D eigenvalue weighted by atomic mass is 10.0. The Morgan fingerprint density at radius 2 is 1.88 bits per heavy atom. The van der Waals surface area contributed by atoms with Gasteiger partial charge in [0, 0.05) is 17.3 Å². The number of aryl methyl sites for hydroxylation is 2. The van der Waals surface area contributed by atoms with Crippen LogP contribution in [-0.2, 0) is 0 Å². The third-order valence-corrected chi connectivity index (χ3v) is 5.17. The molecule has 0 aliphatic carbocycles. The number of pyridine rings is 1. The van der Waals surface area contributed by atoms with Gasteiger partial charge in [0.1, 0.15) is 5.82 Å². The molecule has 0 bridgehead atoms. The van der Waals surface area contributed by atoms with Crippen LogP contribution in [0.5, 0.6) is 5.88 Å². The number of nitrogens with two attached hydrogens (primary N) is 1. The molecule has 2 aromatic carbocycles. The standard InChI is InChI=1S/C24H21N5O4/c1-12-20(22(25)30)21(29-16-6-4-5-15(9-16)24(31)32)17-8-7-14(10-19(17)27-12)18-11-26-13(2)28-23(18)33-3/h4-11H,1-3H3,(H2,25,30)(H,27,29)(H,31,32). The average molecular weight is 443 g/mol. The summed E-state index contributed by atoms with van der Waals surface area (Å²) in [4.78, 5) is 36.8. The molecule has 2 heterocycles. The van der Waals surface area contributed by atoms with Crippen molar-refractivity contribution in [1.82, 2.24) is 15.0 Å². The van der Waals surface area contributed by atoms with Gasteiger partial charge in [-0.15, -0.1) is 0 Å². The lowest BCUT2D eigenvalue weighted by Gasteiger charge is -2.16. The Balaban J connectivity index is 1.90. The average Bonchev–Trinajstić information content (AvgIpc) is 2.78. The number of carbonyl (C=O) groups is 2. The van der Waals surface area contributed by atoms with Gasteiger partial charge in [-0.2, -0.15) is 4.98 Å². The third-order valence-electron chi connectivity index (χ3n) is 5.17. The minimum absolute atomic E-state index is 0.115. The highest BCUT2D eigenvalue weighted by Crippen LogP contribution is 2.35. The van der Waals surface area contributed by atoms with Crippen LogP contribution in [0.15, 0.2) is 48.7 Å². The van der Waals surface area contributed by atoms with E-state index in [0.29, 0.717) is 45.2 Å². The first kappa shape index (κ1) is 21.7. The summed E-state index contributed by atoms with van der Waals surface area (Å²) in [5.41, 5.74) is 9.50. The minimum Gasteiger partial charge on any atom is -0.480 e. The molecule has 4 rings (SSSR count). The molecule has 0 spiro atoms. The lowest BCUT2D eigenvalue weighted by molar-refractivity contribution is 0.0696. The quantitative estimate of drug-likeness (QED) is 0.408. The van der Waals surface area contributed by atoms with Gasteiger partial charge in [0.2, 0.25) is 5.88 Å². The van der Waals surface area contributed by atoms with E-state index in [1.807, 2.05) is 18.2 Å². The van der Waals surface area contributed by atoms with Crippen molar-refractivity contribution in [3.8, 4) is 17.0 Å². The largest absolute Gasteiger partial charge is 0.480 e. The molecular weight excluding hydrogens is 422 g/mol. The number of rotatable bonds is 6. The monoisotopic (exact) mass is 443 g/mol. The van der Waals surface area contributed by atoms with E-state index in [4.69, 9.17) is 10.5 Å². The second-order valence-corrected chi connectivity index (χ2v) is 7.39. The number of carbonyl (C=O) groups excluding carboxylic acids is 1. The molecule has 4 N–H and O–H groups in total. The summed E-state index contributed by atoms with van der Waals surface area (Å²) in [5, 5.41) is 13.1. The maximum atomic E-state index is 12.3. The van der Waals surface area contributed by atoms with Crippen molar-refractivity contribution < 1.29 is 19.4 Å². The fourth-order valence-electron chi connectivity index (χ4n) is 3.66. The number of hydrogen-bond donors (Lipinski definition) is 3. The highest BCUT2D eigenvalue weighted by Gasteiger charge is 2.19. The SMILES string of the molecule is COc1nc(C)ncc1-c1ccc2c(Nc3cccc(C(=O)O)c3)c(C(N)=O)c(C)nc2c1. The number of primary amides is 1. The van der Waals surface area contributed by atoms with Gasteiger partial charge in [-0.05, 0) is 43.7 Å². The number of hydrogen-bond acceptors (Lipinski definition) is 7. The Kier molecular flexibility index (Phi) is 5.61. The maximum absolute atomic E-state index is 12.3. The van der Waals surface area contributed by atoms with Crippen LogP contribution in [-0.4, -0.2) is 39.0 Å². The molecule has 33 heavy (non-hydrogen) atoms. The van der Waals surface area contributed by atoms with E-state index in [1.165, 1.54) is 12.1 Å². The topological polar surface area (TPSA) is 140 Å². The van der Waals surface area contributed by atoms with Gasteiger partial charge in [0.05, 0.1) is 40.7 Å². The molecular formula is C24H21N5O4. The number of nitrogens with one attached hydrogen (secondary N) is 1. The van der Waals surface area contributed by atoms with Crippen molar-refractivity contribution in [1.29, 1.82) is 0 Å². The molecule has 0 unspecified atom stereocenters. The fraction of sp³-hybridized carbons (Fsp3) is 0.125. The third kappa shape index (κ3) is 4.16. The van der Waals surface area contributed by atoms with Gasteiger partial charge in [0.15, 0.2) is 0 Å². The number of amides is 1. The summed E-state index contributed by atoms with van der Waals surface area (Å²) in [7, 11) is 1.54. The molecule has 0 aliphatic rings. The van der Waals surface area contributed by atoms with Crippen molar-refractivity contribution in [3.63, 3.8) is 0 Å². The van der Waals surface area contributed by atoms with E-state index in [-0.39, 0.29) is 11.1 Å². The first-order valence-electron chi connectivity index (χ1n) is 10.0. The van der Waals surface area contributed by atoms with Crippen molar-refractivity contribution >= 4 is 34.2 Å². The zero-order valence-electron chi connectivity index (χ0n) is 18.2. The first-order valence-corrected chi connectivity index (χ1v) is 10.0. The van der Waals surface area contributed by atoms with E-state index in [9.17, 15) is 14.7 Å². The number of fused-ring (bicyclic) bond motifs is 1. The molecule has 0 atom stereocenters. The Hall–Kier alpha value is -4.53. The van der Waals surface area contributed by atoms with Crippen LogP contribution in [0.4, 0.5) is 11.4 Å². The van der Waals surface area contributed by atoms with Crippen molar-refractivity contribution in [2.45, 2.75) is 13.8 Å². The summed E-state index contributed by atoms with van der Waals surface area (Å²) in [6, 6.07) is 11.8. The summed E-state index contributed by atoms with van der Waals surface area (Å²) in [6.07, 6.45) is 1.68. The van der Waals surface area contributed by atoms with Crippen LogP contribution >= 0.6 is 0 Å². The molecule has 0 fully saturated rings. The number of aromatic nitrogens is 3. The van der Waals surface area contributed by atoms with Crippen LogP contribution in [0.2, 0.25) is 0 Å². The van der Waals surface area contributed by atoms with E-state index in [2.05, 4.69) is 20.3 Å². The lowest BCUT2D eigenvalue weighted by Crippen LogP contribution is -2.16. The second-order valence-electron chi connectivity index (χ2n) is 7.39. The molecule has 0 saturated carbocycles. The second kappa shape index (κ2) is 8.54. The number of nitrogens with zero attached hydrogens (tertiary/aromatic N) is 3. The molecule has 0 saturated heterocycles. The van der Waals surface area contributed by atoms with E-state index in [0.717, 1.165) is 5.56 Å². The number of carboxylic acid groups (broad SMARTS) is 1. The summed E-state index contributed by atoms with van der Waals surface area (Å²) in [6.45, 7) is 3.47. The molecule has 4 aromatic rings. The van der Waals surface area contributed by atoms with Crippen molar-refractivity contribution in [3.05, 3.63) is 71.3 Å². The predicted octanol–water partition coefficient (Wildman–Crippen LogP) is 3.86. The highest BCUT2D eigenvalue weighted by molar-refractivity contribution is 6.09. The number of aromatic carboxylic acids is 1. The number of anilines is 2. The van der Waals surface area contributed by atoms with Crippen molar-refractivity contribution in [2.24, 2.45) is 5.73 Å². The fourth-order valence-corrected chi connectivity index (χ4v) is 3.66. The minimum atomic E-state index is -1.05. The van der Waals surface area contributed by atoms with E-state index < -0.39 is 11.9 Å². The van der Waals surface area contributed by atoms with Gasteiger partial charge < -0.3 is 20.9 Å². The Morgan fingerprint density at radius 3 is 2.58 bits per heavy atom. The van der Waals surface area contributed by atoms with Crippen LogP contribution < -0.4 is 15.8 Å².